The molecule has 7 aromatic rings. The molecule has 0 aliphatic rings. The Morgan fingerprint density at radius 3 is 0.521 bits per heavy atom. The molecule has 0 aliphatic carbocycles. The van der Waals surface area contributed by atoms with Gasteiger partial charge in [0, 0.05) is 0 Å². The molecule has 244 valence electrons. The molecule has 0 N–H and O–H groups in total. The maximum absolute atomic E-state index is 3.72. The minimum Gasteiger partial charge on any atom is -1.00 e. The maximum atomic E-state index is 3.72. The second kappa shape index (κ2) is 23.0. The quantitative estimate of drug-likeness (QED) is 0.138. The van der Waals surface area contributed by atoms with Gasteiger partial charge in [-0.3, -0.25) is 0 Å². The fourth-order valence-electron chi connectivity index (χ4n) is 4.83. The van der Waals surface area contributed by atoms with Crippen LogP contribution in [0.4, 0.5) is 0 Å². The summed E-state index contributed by atoms with van der Waals surface area (Å²) >= 11 is 0. The molecule has 7 rings (SSSR count). The molecule has 7 aromatic carbocycles. The van der Waals surface area contributed by atoms with E-state index in [9.17, 15) is 0 Å². The van der Waals surface area contributed by atoms with E-state index in [-0.39, 0.29) is 45.2 Å². The van der Waals surface area contributed by atoms with E-state index < -0.39 is 15.8 Å². The molecular weight excluding hydrogens is 756 g/mol. The molecule has 0 saturated carbocycles. The first-order valence-corrected chi connectivity index (χ1v) is 17.8. The predicted molar refractivity (Wildman–Crippen MR) is 201 cm³/mol. The van der Waals surface area contributed by atoms with E-state index in [1.807, 2.05) is 30.3 Å². The van der Waals surface area contributed by atoms with Gasteiger partial charge in [0.25, 0.3) is 0 Å². The van der Waals surface area contributed by atoms with Gasteiger partial charge in [-0.25, -0.2) is 0 Å². The zero-order valence-electron chi connectivity index (χ0n) is 26.4. The first-order chi connectivity index (χ1) is 22.3. The summed E-state index contributed by atoms with van der Waals surface area (Å²) in [7, 11) is -0.892. The third-order valence-corrected chi connectivity index (χ3v) is 11.8. The van der Waals surface area contributed by atoms with Crippen LogP contribution < -0.4 is 56.6 Å². The second-order valence-corrected chi connectivity index (χ2v) is 14.6. The van der Waals surface area contributed by atoms with Crippen molar-refractivity contribution in [1.82, 2.24) is 0 Å². The Balaban J connectivity index is 0.000000264. The van der Waals surface area contributed by atoms with Gasteiger partial charge in [-0.2, -0.15) is 24.6 Å². The number of halogens is 2. The molecule has 0 bridgehead atoms. The molecule has 48 heavy (non-hydrogen) atoms. The monoisotopic (exact) mass is 791 g/mol. The summed E-state index contributed by atoms with van der Waals surface area (Å²) in [6.07, 6.45) is 0. The SMILES string of the molecule is [CH2-]c1ccccc1.[Cl-].[Cl-].[Pd+2].c1ccc(P(c2ccccc2)c2ccccc2)cc1.c1ccc(P(c2ccccc2)c2ccccc2)cc1. The summed E-state index contributed by atoms with van der Waals surface area (Å²) in [5.74, 6) is 0. The third-order valence-electron chi connectivity index (χ3n) is 6.93. The summed E-state index contributed by atoms with van der Waals surface area (Å²) in [4.78, 5) is 0. The zero-order valence-corrected chi connectivity index (χ0v) is 31.2. The van der Waals surface area contributed by atoms with Crippen LogP contribution in [0, 0.1) is 6.92 Å². The first kappa shape index (κ1) is 40.7. The van der Waals surface area contributed by atoms with Crippen molar-refractivity contribution in [2.75, 3.05) is 0 Å². The number of hydrogen-bond acceptors (Lipinski definition) is 0. The van der Waals surface area contributed by atoms with E-state index in [2.05, 4.69) is 189 Å². The minimum absolute atomic E-state index is 0. The van der Waals surface area contributed by atoms with E-state index in [0.717, 1.165) is 5.56 Å². The average molecular weight is 793 g/mol. The molecule has 5 heteroatoms. The molecule has 0 spiro atoms. The standard InChI is InChI=1S/2C18H15P.C7H7.2ClH.Pd/c2*1-4-10-16(11-5-1)19(17-12-6-2-7-13-17)18-14-8-3-9-15-18;1-7-5-3-2-4-6-7;;;/h2*1-15H;2-6H,1H2;2*1H;/q;;-1;;;+2/p-2. The molecule has 0 aromatic heterocycles. The fraction of sp³-hybridized carbons (Fsp3) is 0. The van der Waals surface area contributed by atoms with E-state index in [0.29, 0.717) is 0 Å². The molecular formula is C43H37Cl2P2Pd-. The summed E-state index contributed by atoms with van der Waals surface area (Å²) in [6, 6.07) is 74.5. The molecule has 0 radical (unpaired) electrons. The van der Waals surface area contributed by atoms with Crippen LogP contribution in [0.25, 0.3) is 0 Å². The van der Waals surface area contributed by atoms with Crippen molar-refractivity contribution in [3.05, 3.63) is 225 Å². The van der Waals surface area contributed by atoms with Crippen molar-refractivity contribution in [3.8, 4) is 0 Å². The summed E-state index contributed by atoms with van der Waals surface area (Å²) in [5, 5.41) is 8.39. The van der Waals surface area contributed by atoms with Crippen molar-refractivity contribution >= 4 is 47.7 Å². The topological polar surface area (TPSA) is 0 Å². The van der Waals surface area contributed by atoms with Crippen molar-refractivity contribution in [2.45, 2.75) is 0 Å². The van der Waals surface area contributed by atoms with Gasteiger partial charge in [-0.05, 0) is 47.7 Å². The van der Waals surface area contributed by atoms with Gasteiger partial charge in [0.1, 0.15) is 0 Å². The van der Waals surface area contributed by atoms with Crippen molar-refractivity contribution in [3.63, 3.8) is 0 Å². The van der Waals surface area contributed by atoms with Crippen LogP contribution >= 0.6 is 15.8 Å². The van der Waals surface area contributed by atoms with Crippen LogP contribution in [0.5, 0.6) is 0 Å². The molecule has 0 aliphatic heterocycles. The molecule has 0 atom stereocenters. The van der Waals surface area contributed by atoms with Gasteiger partial charge in [0.2, 0.25) is 0 Å². The van der Waals surface area contributed by atoms with E-state index >= 15 is 0 Å². The van der Waals surface area contributed by atoms with Gasteiger partial charge >= 0.3 is 20.4 Å². The maximum Gasteiger partial charge on any atom is 2.00 e. The summed E-state index contributed by atoms with van der Waals surface area (Å²) in [6.45, 7) is 3.72. The van der Waals surface area contributed by atoms with Crippen LogP contribution in [0.3, 0.4) is 0 Å². The van der Waals surface area contributed by atoms with E-state index in [4.69, 9.17) is 0 Å². The Morgan fingerprint density at radius 2 is 0.396 bits per heavy atom. The Kier molecular flexibility index (Phi) is 19.5. The Bertz CT molecular complexity index is 1470. The number of hydrogen-bond donors (Lipinski definition) is 0. The Hall–Kier alpha value is -3.49. The molecule has 0 saturated heterocycles. The van der Waals surface area contributed by atoms with E-state index in [1.54, 1.807) is 0 Å². The predicted octanol–water partition coefficient (Wildman–Crippen LogP) is 2.76. The molecule has 0 heterocycles. The van der Waals surface area contributed by atoms with Crippen LogP contribution in [0.1, 0.15) is 5.56 Å². The largest absolute Gasteiger partial charge is 2.00 e. The van der Waals surface area contributed by atoms with Crippen molar-refractivity contribution in [2.24, 2.45) is 0 Å². The van der Waals surface area contributed by atoms with Gasteiger partial charge in [-0.1, -0.05) is 188 Å². The first-order valence-electron chi connectivity index (χ1n) is 15.1. The Morgan fingerprint density at radius 1 is 0.250 bits per heavy atom. The smallest absolute Gasteiger partial charge is 1.00 e. The Labute approximate surface area is 315 Å². The minimum atomic E-state index is -0.446. The van der Waals surface area contributed by atoms with Crippen molar-refractivity contribution in [1.29, 1.82) is 0 Å². The normalized spacial score (nSPS) is 9.62. The molecule has 0 amide bonds. The fourth-order valence-corrected chi connectivity index (χ4v) is 9.45. The van der Waals surface area contributed by atoms with Gasteiger partial charge < -0.3 is 24.8 Å². The zero-order chi connectivity index (χ0) is 30.9. The van der Waals surface area contributed by atoms with Gasteiger partial charge in [0.05, 0.1) is 0 Å². The van der Waals surface area contributed by atoms with E-state index in [1.165, 1.54) is 31.8 Å². The average Bonchev–Trinajstić information content (AvgIpc) is 3.12. The van der Waals surface area contributed by atoms with Crippen LogP contribution in [0.15, 0.2) is 212 Å². The van der Waals surface area contributed by atoms with Crippen molar-refractivity contribution < 1.29 is 45.2 Å². The van der Waals surface area contributed by atoms with Crippen LogP contribution in [-0.4, -0.2) is 0 Å². The number of rotatable bonds is 6. The van der Waals surface area contributed by atoms with Crippen LogP contribution in [-0.2, 0) is 20.4 Å². The summed E-state index contributed by atoms with van der Waals surface area (Å²) < 4.78 is 0. The third kappa shape index (κ3) is 12.5. The number of benzene rings is 7. The van der Waals surface area contributed by atoms with Gasteiger partial charge in [-0.15, -0.1) is 12.1 Å². The second-order valence-electron chi connectivity index (χ2n) is 10.2. The van der Waals surface area contributed by atoms with Crippen LogP contribution in [0.2, 0.25) is 0 Å². The summed E-state index contributed by atoms with van der Waals surface area (Å²) in [5.41, 5.74) is 1.07. The molecule has 0 nitrogen and oxygen atoms in total. The molecule has 0 unspecified atom stereocenters. The van der Waals surface area contributed by atoms with Gasteiger partial charge in [0.15, 0.2) is 0 Å². The molecule has 0 fully saturated rings.